The first-order chi connectivity index (χ1) is 15.4. The first kappa shape index (κ1) is 22.7. The van der Waals surface area contributed by atoms with Crippen LogP contribution in [0, 0.1) is 5.82 Å². The molecule has 1 heterocycles. The third kappa shape index (κ3) is 6.53. The van der Waals surface area contributed by atoms with Crippen molar-refractivity contribution < 1.29 is 28.2 Å². The van der Waals surface area contributed by atoms with E-state index in [4.69, 9.17) is 9.47 Å². The number of hydrogen-bond donors (Lipinski definition) is 1. The number of amides is 2. The van der Waals surface area contributed by atoms with Gasteiger partial charge in [-0.15, -0.1) is 0 Å². The van der Waals surface area contributed by atoms with Gasteiger partial charge in [-0.2, -0.15) is 0 Å². The smallest absolute Gasteiger partial charge is 0.411 e. The molecule has 0 spiro atoms. The molecule has 0 unspecified atom stereocenters. The van der Waals surface area contributed by atoms with Crippen LogP contribution in [0.15, 0.2) is 78.1 Å². The molecule has 0 saturated carbocycles. The summed E-state index contributed by atoms with van der Waals surface area (Å²) in [6, 6.07) is 15.2. The number of alkyl carbamates (subject to hydrolysis) is 1. The number of allylic oxidation sites excluding steroid dienone is 2. The van der Waals surface area contributed by atoms with Gasteiger partial charge in [-0.25, -0.2) is 14.0 Å². The maximum atomic E-state index is 13.6. The minimum atomic E-state index is -0.998. The van der Waals surface area contributed by atoms with Crippen molar-refractivity contribution in [3.05, 3.63) is 95.1 Å². The SMILES string of the molecule is CCOC(=O)C(=O)N1C=C(Cc2cccc(F)c2)C=C(NC(=O)OCc2ccccc2)C1. The summed E-state index contributed by atoms with van der Waals surface area (Å²) in [6.07, 6.45) is 2.75. The highest BCUT2D eigenvalue weighted by Gasteiger charge is 2.26. The van der Waals surface area contributed by atoms with Crippen LogP contribution in [0.1, 0.15) is 18.1 Å². The predicted octanol–water partition coefficient (Wildman–Crippen LogP) is 3.47. The Morgan fingerprint density at radius 3 is 2.50 bits per heavy atom. The topological polar surface area (TPSA) is 84.9 Å². The van der Waals surface area contributed by atoms with Gasteiger partial charge in [0.2, 0.25) is 0 Å². The molecule has 2 aromatic rings. The molecule has 0 aromatic heterocycles. The molecule has 1 aliphatic rings. The van der Waals surface area contributed by atoms with Crippen LogP contribution in [0.4, 0.5) is 9.18 Å². The van der Waals surface area contributed by atoms with Crippen molar-refractivity contribution >= 4 is 18.0 Å². The van der Waals surface area contributed by atoms with Crippen molar-refractivity contribution in [1.82, 2.24) is 10.2 Å². The molecule has 0 atom stereocenters. The molecule has 2 aromatic carbocycles. The number of esters is 1. The molecular weight excluding hydrogens is 415 g/mol. The van der Waals surface area contributed by atoms with Gasteiger partial charge < -0.3 is 14.4 Å². The quantitative estimate of drug-likeness (QED) is 0.552. The number of ether oxygens (including phenoxy) is 2. The molecule has 3 rings (SSSR count). The fourth-order valence-corrected chi connectivity index (χ4v) is 3.12. The van der Waals surface area contributed by atoms with E-state index in [0.29, 0.717) is 16.8 Å². The maximum Gasteiger partial charge on any atom is 0.411 e. The third-order valence-corrected chi connectivity index (χ3v) is 4.51. The summed E-state index contributed by atoms with van der Waals surface area (Å²) in [5.41, 5.74) is 2.45. The summed E-state index contributed by atoms with van der Waals surface area (Å²) >= 11 is 0. The molecule has 0 aliphatic carbocycles. The number of carbonyl (C=O) groups is 3. The lowest BCUT2D eigenvalue weighted by atomic mass is 10.0. The predicted molar refractivity (Wildman–Crippen MR) is 114 cm³/mol. The van der Waals surface area contributed by atoms with Crippen LogP contribution in [0.2, 0.25) is 0 Å². The second kappa shape index (κ2) is 10.9. The van der Waals surface area contributed by atoms with Crippen LogP contribution < -0.4 is 5.32 Å². The summed E-state index contributed by atoms with van der Waals surface area (Å²) in [6.45, 7) is 1.69. The first-order valence-corrected chi connectivity index (χ1v) is 10.1. The Labute approximate surface area is 185 Å². The van der Waals surface area contributed by atoms with Crippen LogP contribution in [-0.4, -0.2) is 36.0 Å². The van der Waals surface area contributed by atoms with Gasteiger partial charge in [0.15, 0.2) is 0 Å². The third-order valence-electron chi connectivity index (χ3n) is 4.51. The Morgan fingerprint density at radius 2 is 1.78 bits per heavy atom. The van der Waals surface area contributed by atoms with Crippen LogP contribution in [0.5, 0.6) is 0 Å². The zero-order chi connectivity index (χ0) is 22.9. The van der Waals surface area contributed by atoms with E-state index in [0.717, 1.165) is 10.5 Å². The minimum absolute atomic E-state index is 0.0509. The first-order valence-electron chi connectivity index (χ1n) is 10.1. The molecular formula is C24H23FN2O5. The highest BCUT2D eigenvalue weighted by atomic mass is 19.1. The average molecular weight is 438 g/mol. The maximum absolute atomic E-state index is 13.6. The monoisotopic (exact) mass is 438 g/mol. The van der Waals surface area contributed by atoms with Gasteiger partial charge >= 0.3 is 18.0 Å². The van der Waals surface area contributed by atoms with Gasteiger partial charge in [0.05, 0.1) is 13.2 Å². The molecule has 7 nitrogen and oxygen atoms in total. The molecule has 1 N–H and O–H groups in total. The number of halogens is 1. The Bertz CT molecular complexity index is 1050. The number of carbonyl (C=O) groups excluding carboxylic acids is 3. The van der Waals surface area contributed by atoms with E-state index >= 15 is 0 Å². The van der Waals surface area contributed by atoms with Crippen molar-refractivity contribution in [1.29, 1.82) is 0 Å². The lowest BCUT2D eigenvalue weighted by Gasteiger charge is -2.25. The van der Waals surface area contributed by atoms with Crippen molar-refractivity contribution in [2.45, 2.75) is 20.0 Å². The highest BCUT2D eigenvalue weighted by Crippen LogP contribution is 2.18. The Hall–Kier alpha value is -3.94. The van der Waals surface area contributed by atoms with Crippen molar-refractivity contribution in [3.8, 4) is 0 Å². The van der Waals surface area contributed by atoms with E-state index < -0.39 is 18.0 Å². The molecule has 0 saturated heterocycles. The van der Waals surface area contributed by atoms with Crippen LogP contribution in [0.3, 0.4) is 0 Å². The van der Waals surface area contributed by atoms with Crippen molar-refractivity contribution in [2.24, 2.45) is 0 Å². The molecule has 0 radical (unpaired) electrons. The number of hydrogen-bond acceptors (Lipinski definition) is 5. The Balaban J connectivity index is 1.73. The lowest BCUT2D eigenvalue weighted by molar-refractivity contribution is -0.158. The zero-order valence-corrected chi connectivity index (χ0v) is 17.5. The van der Waals surface area contributed by atoms with E-state index in [1.54, 1.807) is 25.1 Å². The Morgan fingerprint density at radius 1 is 1.03 bits per heavy atom. The van der Waals surface area contributed by atoms with Crippen LogP contribution >= 0.6 is 0 Å². The molecule has 1 aliphatic heterocycles. The van der Waals surface area contributed by atoms with Crippen molar-refractivity contribution in [2.75, 3.05) is 13.2 Å². The summed E-state index contributed by atoms with van der Waals surface area (Å²) in [5, 5.41) is 2.61. The van der Waals surface area contributed by atoms with Gasteiger partial charge in [-0.1, -0.05) is 42.5 Å². The molecule has 2 amide bonds. The lowest BCUT2D eigenvalue weighted by Crippen LogP contribution is -2.40. The normalized spacial score (nSPS) is 13.0. The fourth-order valence-electron chi connectivity index (χ4n) is 3.12. The van der Waals surface area contributed by atoms with E-state index in [9.17, 15) is 18.8 Å². The number of benzene rings is 2. The molecule has 8 heteroatoms. The summed E-state index contributed by atoms with van der Waals surface area (Å²) in [4.78, 5) is 37.8. The van der Waals surface area contributed by atoms with E-state index in [-0.39, 0.29) is 32.0 Å². The van der Waals surface area contributed by atoms with Gasteiger partial charge in [-0.05, 0) is 48.3 Å². The molecule has 0 fully saturated rings. The van der Waals surface area contributed by atoms with Gasteiger partial charge in [0.1, 0.15) is 12.4 Å². The molecule has 0 bridgehead atoms. The second-order valence-electron chi connectivity index (χ2n) is 7.02. The van der Waals surface area contributed by atoms with Gasteiger partial charge in [0, 0.05) is 11.9 Å². The van der Waals surface area contributed by atoms with E-state index in [1.165, 1.54) is 18.3 Å². The van der Waals surface area contributed by atoms with E-state index in [2.05, 4.69) is 5.32 Å². The van der Waals surface area contributed by atoms with Crippen LogP contribution in [-0.2, 0) is 32.1 Å². The number of nitrogens with zero attached hydrogens (tertiary/aromatic N) is 1. The fraction of sp³-hybridized carbons (Fsp3) is 0.208. The van der Waals surface area contributed by atoms with Crippen LogP contribution in [0.25, 0.3) is 0 Å². The zero-order valence-electron chi connectivity index (χ0n) is 17.5. The standard InChI is InChI=1S/C24H23FN2O5/c1-2-31-23(29)22(28)27-14-19(11-18-9-6-10-20(25)12-18)13-21(15-27)26-24(30)32-16-17-7-4-3-5-8-17/h3-10,12-14H,2,11,15-16H2,1H3,(H,26,30). The molecule has 166 valence electrons. The Kier molecular flexibility index (Phi) is 7.75. The summed E-state index contributed by atoms with van der Waals surface area (Å²) in [5.74, 6) is -2.25. The van der Waals surface area contributed by atoms with E-state index in [1.807, 2.05) is 30.3 Å². The van der Waals surface area contributed by atoms with Gasteiger partial charge in [0.25, 0.3) is 0 Å². The second-order valence-corrected chi connectivity index (χ2v) is 7.02. The number of nitrogens with one attached hydrogen (secondary N) is 1. The largest absolute Gasteiger partial charge is 0.459 e. The average Bonchev–Trinajstić information content (AvgIpc) is 2.78. The highest BCUT2D eigenvalue weighted by molar-refractivity contribution is 6.32. The van der Waals surface area contributed by atoms with Gasteiger partial charge in [-0.3, -0.25) is 10.1 Å². The molecule has 32 heavy (non-hydrogen) atoms. The number of rotatable bonds is 6. The summed E-state index contributed by atoms with van der Waals surface area (Å²) in [7, 11) is 0. The van der Waals surface area contributed by atoms with Crippen molar-refractivity contribution in [3.63, 3.8) is 0 Å². The summed E-state index contributed by atoms with van der Waals surface area (Å²) < 4.78 is 23.6. The minimum Gasteiger partial charge on any atom is -0.459 e.